The molecular weight excluding hydrogens is 256 g/mol. The first-order valence-electron chi connectivity index (χ1n) is 7.66. The number of aliphatic carboxylic acids is 1. The third kappa shape index (κ3) is 3.25. The summed E-state index contributed by atoms with van der Waals surface area (Å²) in [4.78, 5) is 26.6. The Balaban J connectivity index is 1.83. The predicted octanol–water partition coefficient (Wildman–Crippen LogP) is 2.42. The van der Waals surface area contributed by atoms with Gasteiger partial charge in [0.2, 0.25) is 0 Å². The van der Waals surface area contributed by atoms with Gasteiger partial charge in [-0.15, -0.1) is 0 Å². The van der Waals surface area contributed by atoms with E-state index in [1.54, 1.807) is 18.9 Å². The Bertz CT molecular complexity index is 367. The van der Waals surface area contributed by atoms with Crippen molar-refractivity contribution in [1.29, 1.82) is 0 Å². The van der Waals surface area contributed by atoms with Gasteiger partial charge >= 0.3 is 12.0 Å². The second kappa shape index (κ2) is 6.02. The molecule has 1 saturated heterocycles. The molecule has 114 valence electrons. The summed E-state index contributed by atoms with van der Waals surface area (Å²) >= 11 is 0. The number of carboxylic acids is 1. The molecule has 5 nitrogen and oxygen atoms in total. The van der Waals surface area contributed by atoms with Crippen molar-refractivity contribution in [2.45, 2.75) is 45.4 Å². The van der Waals surface area contributed by atoms with Gasteiger partial charge in [0, 0.05) is 26.7 Å². The monoisotopic (exact) mass is 282 g/mol. The first-order chi connectivity index (χ1) is 9.43. The van der Waals surface area contributed by atoms with Crippen LogP contribution in [0.2, 0.25) is 0 Å². The number of piperidine rings is 1. The minimum atomic E-state index is -0.854. The summed E-state index contributed by atoms with van der Waals surface area (Å²) in [6, 6.07) is -0.0223. The first kappa shape index (κ1) is 15.1. The topological polar surface area (TPSA) is 60.9 Å². The van der Waals surface area contributed by atoms with Crippen molar-refractivity contribution in [3.8, 4) is 0 Å². The third-order valence-electron chi connectivity index (χ3n) is 5.05. The van der Waals surface area contributed by atoms with E-state index < -0.39 is 11.9 Å². The minimum absolute atomic E-state index is 0.0223. The lowest BCUT2D eigenvalue weighted by Crippen LogP contribution is -2.48. The molecule has 5 heteroatoms. The lowest BCUT2D eigenvalue weighted by molar-refractivity contribution is -0.141. The number of urea groups is 1. The summed E-state index contributed by atoms with van der Waals surface area (Å²) in [5.74, 6) is -1.37. The Morgan fingerprint density at radius 3 is 2.25 bits per heavy atom. The average Bonchev–Trinajstić information content (AvgIpc) is 2.87. The fourth-order valence-corrected chi connectivity index (χ4v) is 3.61. The Morgan fingerprint density at radius 2 is 1.75 bits per heavy atom. The second-order valence-corrected chi connectivity index (χ2v) is 6.60. The Morgan fingerprint density at radius 1 is 1.20 bits per heavy atom. The van der Waals surface area contributed by atoms with E-state index in [1.165, 1.54) is 25.7 Å². The van der Waals surface area contributed by atoms with Crippen molar-refractivity contribution in [2.75, 3.05) is 26.7 Å². The van der Waals surface area contributed by atoms with Crippen LogP contribution in [0, 0.1) is 11.3 Å². The summed E-state index contributed by atoms with van der Waals surface area (Å²) < 4.78 is 0. The number of carbonyl (C=O) groups excluding carboxylic acids is 1. The molecular formula is C15H26N2O3. The standard InChI is InChI=1S/C15H26N2O3/c1-12(13(18)19)11-16(2)14(20)17-9-7-15(8-10-17)5-3-4-6-15/h12H,3-11H2,1-2H3,(H,18,19). The normalized spacial score (nSPS) is 22.8. The van der Waals surface area contributed by atoms with Crippen molar-refractivity contribution >= 4 is 12.0 Å². The number of likely N-dealkylation sites (tertiary alicyclic amines) is 1. The number of amides is 2. The highest BCUT2D eigenvalue weighted by Crippen LogP contribution is 2.46. The van der Waals surface area contributed by atoms with E-state index in [2.05, 4.69) is 0 Å². The summed E-state index contributed by atoms with van der Waals surface area (Å²) in [5.41, 5.74) is 0.504. The van der Waals surface area contributed by atoms with Crippen LogP contribution in [0.4, 0.5) is 4.79 Å². The van der Waals surface area contributed by atoms with Gasteiger partial charge in [0.15, 0.2) is 0 Å². The maximum atomic E-state index is 12.3. The van der Waals surface area contributed by atoms with Gasteiger partial charge in [0.1, 0.15) is 0 Å². The number of hydrogen-bond acceptors (Lipinski definition) is 2. The summed E-state index contributed by atoms with van der Waals surface area (Å²) in [7, 11) is 1.70. The van der Waals surface area contributed by atoms with Crippen LogP contribution in [0.1, 0.15) is 45.4 Å². The summed E-state index contributed by atoms with van der Waals surface area (Å²) in [5, 5.41) is 8.91. The molecule has 1 N–H and O–H groups in total. The smallest absolute Gasteiger partial charge is 0.319 e. The molecule has 1 aliphatic carbocycles. The van der Waals surface area contributed by atoms with Crippen molar-refractivity contribution < 1.29 is 14.7 Å². The SMILES string of the molecule is CC(CN(C)C(=O)N1CCC2(CCCC2)CC1)C(=O)O. The quantitative estimate of drug-likeness (QED) is 0.864. The van der Waals surface area contributed by atoms with Crippen LogP contribution < -0.4 is 0 Å². The van der Waals surface area contributed by atoms with Gasteiger partial charge in [-0.05, 0) is 31.1 Å². The molecule has 1 unspecified atom stereocenters. The molecule has 2 amide bonds. The first-order valence-corrected chi connectivity index (χ1v) is 7.66. The number of nitrogens with zero attached hydrogens (tertiary/aromatic N) is 2. The van der Waals surface area contributed by atoms with Crippen LogP contribution in [0.15, 0.2) is 0 Å². The van der Waals surface area contributed by atoms with Crippen LogP contribution >= 0.6 is 0 Å². The molecule has 0 aromatic heterocycles. The van der Waals surface area contributed by atoms with E-state index in [0.29, 0.717) is 5.41 Å². The molecule has 2 fully saturated rings. The molecule has 1 spiro atoms. The zero-order valence-corrected chi connectivity index (χ0v) is 12.6. The molecule has 1 atom stereocenters. The average molecular weight is 282 g/mol. The van der Waals surface area contributed by atoms with E-state index >= 15 is 0 Å². The van der Waals surface area contributed by atoms with E-state index in [4.69, 9.17) is 5.11 Å². The van der Waals surface area contributed by atoms with Gasteiger partial charge in [-0.2, -0.15) is 0 Å². The van der Waals surface area contributed by atoms with E-state index in [-0.39, 0.29) is 12.6 Å². The molecule has 0 aromatic carbocycles. The van der Waals surface area contributed by atoms with Crippen molar-refractivity contribution in [1.82, 2.24) is 9.80 Å². The molecule has 1 aliphatic heterocycles. The summed E-state index contributed by atoms with van der Waals surface area (Å²) in [6.45, 7) is 3.56. The largest absolute Gasteiger partial charge is 0.481 e. The van der Waals surface area contributed by atoms with Gasteiger partial charge < -0.3 is 14.9 Å². The highest BCUT2D eigenvalue weighted by molar-refractivity contribution is 5.76. The highest BCUT2D eigenvalue weighted by Gasteiger charge is 2.38. The van der Waals surface area contributed by atoms with Gasteiger partial charge in [0.05, 0.1) is 5.92 Å². The Kier molecular flexibility index (Phi) is 4.55. The fraction of sp³-hybridized carbons (Fsp3) is 0.867. The van der Waals surface area contributed by atoms with Gasteiger partial charge in [-0.1, -0.05) is 19.8 Å². The van der Waals surface area contributed by atoms with Crippen molar-refractivity contribution in [3.63, 3.8) is 0 Å². The van der Waals surface area contributed by atoms with E-state index in [9.17, 15) is 9.59 Å². The lowest BCUT2D eigenvalue weighted by Gasteiger charge is -2.40. The van der Waals surface area contributed by atoms with Crippen molar-refractivity contribution in [2.24, 2.45) is 11.3 Å². The van der Waals surface area contributed by atoms with Gasteiger partial charge in [-0.3, -0.25) is 4.79 Å². The number of carboxylic acid groups (broad SMARTS) is 1. The van der Waals surface area contributed by atoms with Gasteiger partial charge in [-0.25, -0.2) is 4.79 Å². The zero-order valence-electron chi connectivity index (χ0n) is 12.6. The van der Waals surface area contributed by atoms with Gasteiger partial charge in [0.25, 0.3) is 0 Å². The fourth-order valence-electron chi connectivity index (χ4n) is 3.61. The van der Waals surface area contributed by atoms with Crippen LogP contribution in [-0.4, -0.2) is 53.6 Å². The predicted molar refractivity (Wildman–Crippen MR) is 76.5 cm³/mol. The number of carbonyl (C=O) groups is 2. The maximum Gasteiger partial charge on any atom is 0.319 e. The molecule has 2 aliphatic rings. The highest BCUT2D eigenvalue weighted by atomic mass is 16.4. The van der Waals surface area contributed by atoms with Crippen molar-refractivity contribution in [3.05, 3.63) is 0 Å². The molecule has 20 heavy (non-hydrogen) atoms. The maximum absolute atomic E-state index is 12.3. The van der Waals surface area contributed by atoms with Crippen LogP contribution in [0.25, 0.3) is 0 Å². The molecule has 0 bridgehead atoms. The summed E-state index contributed by atoms with van der Waals surface area (Å²) in [6.07, 6.45) is 7.54. The Hall–Kier alpha value is -1.26. The van der Waals surface area contributed by atoms with E-state index in [0.717, 1.165) is 25.9 Å². The van der Waals surface area contributed by atoms with Crippen LogP contribution in [0.5, 0.6) is 0 Å². The molecule has 2 rings (SSSR count). The van der Waals surface area contributed by atoms with E-state index in [1.807, 2.05) is 4.90 Å². The number of rotatable bonds is 3. The molecule has 0 aromatic rings. The third-order valence-corrected chi connectivity index (χ3v) is 5.05. The van der Waals surface area contributed by atoms with Crippen LogP contribution in [-0.2, 0) is 4.79 Å². The molecule has 1 heterocycles. The Labute approximate surface area is 120 Å². The molecule has 0 radical (unpaired) electrons. The number of hydrogen-bond donors (Lipinski definition) is 1. The second-order valence-electron chi connectivity index (χ2n) is 6.60. The lowest BCUT2D eigenvalue weighted by atomic mass is 9.77. The minimum Gasteiger partial charge on any atom is -0.481 e. The molecule has 1 saturated carbocycles. The zero-order chi connectivity index (χ0) is 14.8. The van der Waals surface area contributed by atoms with Crippen LogP contribution in [0.3, 0.4) is 0 Å².